The molecule has 0 aromatic heterocycles. The molecular weight excluding hydrogens is 240 g/mol. The first-order chi connectivity index (χ1) is 7.95. The molecule has 1 rings (SSSR count). The summed E-state index contributed by atoms with van der Waals surface area (Å²) in [7, 11) is -1.65. The first kappa shape index (κ1) is 13.8. The summed E-state index contributed by atoms with van der Waals surface area (Å²) < 4.78 is 29.9. The Morgan fingerprint density at radius 1 is 1.29 bits per heavy atom. The summed E-state index contributed by atoms with van der Waals surface area (Å²) in [6.45, 7) is 2.39. The molecule has 2 N–H and O–H groups in total. The molecule has 0 saturated heterocycles. The predicted octanol–water partition coefficient (Wildman–Crippen LogP) is 0.929. The average Bonchev–Trinajstić information content (AvgIpc) is 2.30. The number of benzene rings is 1. The highest BCUT2D eigenvalue weighted by Gasteiger charge is 2.15. The molecule has 5 nitrogen and oxygen atoms in total. The minimum Gasteiger partial charge on any atom is -0.492 e. The molecule has 1 aromatic carbocycles. The van der Waals surface area contributed by atoms with E-state index in [1.807, 2.05) is 0 Å². The van der Waals surface area contributed by atoms with E-state index in [1.165, 1.54) is 4.31 Å². The highest BCUT2D eigenvalue weighted by molar-refractivity contribution is 7.89. The van der Waals surface area contributed by atoms with Gasteiger partial charge < -0.3 is 10.5 Å². The molecule has 17 heavy (non-hydrogen) atoms. The first-order valence-electron chi connectivity index (χ1n) is 5.38. The van der Waals surface area contributed by atoms with Crippen molar-refractivity contribution >= 4 is 15.7 Å². The molecule has 1 aromatic rings. The van der Waals surface area contributed by atoms with Crippen molar-refractivity contribution in [3.8, 4) is 5.75 Å². The number of ether oxygens (including phenoxy) is 1. The van der Waals surface area contributed by atoms with Crippen molar-refractivity contribution in [1.29, 1.82) is 0 Å². The molecule has 0 radical (unpaired) electrons. The van der Waals surface area contributed by atoms with Gasteiger partial charge in [-0.05, 0) is 24.3 Å². The predicted molar refractivity (Wildman–Crippen MR) is 68.4 cm³/mol. The van der Waals surface area contributed by atoms with Crippen LogP contribution < -0.4 is 10.5 Å². The quantitative estimate of drug-likeness (QED) is 0.770. The van der Waals surface area contributed by atoms with Gasteiger partial charge in [0.1, 0.15) is 12.4 Å². The maximum Gasteiger partial charge on any atom is 0.217 e. The van der Waals surface area contributed by atoms with Gasteiger partial charge in [0, 0.05) is 19.3 Å². The third-order valence-electron chi connectivity index (χ3n) is 2.41. The van der Waals surface area contributed by atoms with E-state index in [-0.39, 0.29) is 12.4 Å². The molecule has 0 saturated carbocycles. The fourth-order valence-electron chi connectivity index (χ4n) is 1.18. The smallest absolute Gasteiger partial charge is 0.217 e. The second-order valence-electron chi connectivity index (χ2n) is 3.65. The second kappa shape index (κ2) is 5.88. The van der Waals surface area contributed by atoms with E-state index < -0.39 is 10.0 Å². The van der Waals surface area contributed by atoms with Crippen LogP contribution in [-0.2, 0) is 10.0 Å². The van der Waals surface area contributed by atoms with Crippen molar-refractivity contribution in [3.63, 3.8) is 0 Å². The Labute approximate surface area is 102 Å². The lowest BCUT2D eigenvalue weighted by Crippen LogP contribution is -2.31. The summed E-state index contributed by atoms with van der Waals surface area (Å²) in [5, 5.41) is 0. The van der Waals surface area contributed by atoms with Crippen molar-refractivity contribution in [1.82, 2.24) is 4.31 Å². The molecule has 0 spiro atoms. The summed E-state index contributed by atoms with van der Waals surface area (Å²) in [5.41, 5.74) is 6.17. The van der Waals surface area contributed by atoms with Crippen LogP contribution in [0.25, 0.3) is 0 Å². The van der Waals surface area contributed by atoms with Crippen molar-refractivity contribution in [2.24, 2.45) is 0 Å². The Kier molecular flexibility index (Phi) is 4.77. The van der Waals surface area contributed by atoms with E-state index in [0.717, 1.165) is 0 Å². The van der Waals surface area contributed by atoms with Crippen LogP contribution >= 0.6 is 0 Å². The van der Waals surface area contributed by atoms with Crippen molar-refractivity contribution in [2.45, 2.75) is 6.92 Å². The van der Waals surface area contributed by atoms with Gasteiger partial charge in [-0.15, -0.1) is 0 Å². The monoisotopic (exact) mass is 258 g/mol. The van der Waals surface area contributed by atoms with Crippen LogP contribution in [0.15, 0.2) is 24.3 Å². The van der Waals surface area contributed by atoms with Crippen molar-refractivity contribution in [2.75, 3.05) is 31.7 Å². The zero-order chi connectivity index (χ0) is 12.9. The number of nitrogens with zero attached hydrogens (tertiary/aromatic N) is 1. The molecule has 0 atom stereocenters. The number of nitrogen functional groups attached to an aromatic ring is 1. The van der Waals surface area contributed by atoms with Gasteiger partial charge in [-0.2, -0.15) is 0 Å². The second-order valence-corrected chi connectivity index (χ2v) is 5.84. The third-order valence-corrected chi connectivity index (χ3v) is 4.30. The van der Waals surface area contributed by atoms with Crippen LogP contribution in [0.4, 0.5) is 5.69 Å². The Balaban J connectivity index is 2.45. The number of anilines is 1. The van der Waals surface area contributed by atoms with Gasteiger partial charge in [-0.25, -0.2) is 12.7 Å². The minimum atomic E-state index is -3.21. The van der Waals surface area contributed by atoms with Gasteiger partial charge in [0.05, 0.1) is 5.75 Å². The maximum atomic E-state index is 11.6. The van der Waals surface area contributed by atoms with E-state index in [2.05, 4.69) is 0 Å². The maximum absolute atomic E-state index is 11.6. The van der Waals surface area contributed by atoms with Crippen molar-refractivity contribution < 1.29 is 13.2 Å². The van der Waals surface area contributed by atoms with Crippen molar-refractivity contribution in [3.05, 3.63) is 24.3 Å². The number of rotatable bonds is 6. The first-order valence-corrected chi connectivity index (χ1v) is 6.99. The summed E-state index contributed by atoms with van der Waals surface area (Å²) in [6, 6.07) is 6.85. The van der Waals surface area contributed by atoms with Gasteiger partial charge in [-0.1, -0.05) is 6.92 Å². The normalized spacial score (nSPS) is 11.7. The Morgan fingerprint density at radius 2 is 1.88 bits per heavy atom. The van der Waals surface area contributed by atoms with Gasteiger partial charge >= 0.3 is 0 Å². The van der Waals surface area contributed by atoms with Crippen LogP contribution in [0.3, 0.4) is 0 Å². The molecule has 0 aliphatic carbocycles. The highest BCUT2D eigenvalue weighted by Crippen LogP contribution is 2.13. The summed E-state index contributed by atoms with van der Waals surface area (Å²) >= 11 is 0. The summed E-state index contributed by atoms with van der Waals surface area (Å²) in [5.74, 6) is 0.593. The summed E-state index contributed by atoms with van der Waals surface area (Å²) in [6.07, 6.45) is 0. The average molecular weight is 258 g/mol. The third kappa shape index (κ3) is 4.24. The molecule has 0 unspecified atom stereocenters. The van der Waals surface area contributed by atoms with E-state index in [9.17, 15) is 8.42 Å². The van der Waals surface area contributed by atoms with E-state index in [1.54, 1.807) is 38.2 Å². The highest BCUT2D eigenvalue weighted by atomic mass is 32.2. The van der Waals surface area contributed by atoms with E-state index in [4.69, 9.17) is 10.5 Å². The zero-order valence-electron chi connectivity index (χ0n) is 10.1. The molecule has 6 heteroatoms. The molecular formula is C11H18N2O3S. The number of sulfonamides is 1. The Hall–Kier alpha value is -1.27. The molecule has 0 fully saturated rings. The van der Waals surface area contributed by atoms with E-state index in [0.29, 0.717) is 18.0 Å². The molecule has 0 aliphatic heterocycles. The van der Waals surface area contributed by atoms with Crippen LogP contribution in [0.1, 0.15) is 6.92 Å². The van der Waals surface area contributed by atoms with Crippen LogP contribution in [0, 0.1) is 0 Å². The number of hydrogen-bond acceptors (Lipinski definition) is 4. The van der Waals surface area contributed by atoms with Crippen LogP contribution in [0.2, 0.25) is 0 Å². The zero-order valence-corrected chi connectivity index (χ0v) is 10.9. The lowest BCUT2D eigenvalue weighted by atomic mass is 10.3. The molecule has 0 bridgehead atoms. The fraction of sp³-hybridized carbons (Fsp3) is 0.455. The van der Waals surface area contributed by atoms with Gasteiger partial charge in [0.25, 0.3) is 0 Å². The lowest BCUT2D eigenvalue weighted by Gasteiger charge is -2.14. The number of hydrogen-bond donors (Lipinski definition) is 1. The minimum absolute atomic E-state index is 0.0261. The van der Waals surface area contributed by atoms with Gasteiger partial charge in [-0.3, -0.25) is 0 Å². The number of nitrogens with two attached hydrogens (primary N) is 1. The molecule has 96 valence electrons. The van der Waals surface area contributed by atoms with E-state index >= 15 is 0 Å². The largest absolute Gasteiger partial charge is 0.492 e. The lowest BCUT2D eigenvalue weighted by molar-refractivity contribution is 0.337. The molecule has 0 aliphatic rings. The molecule has 0 heterocycles. The molecule has 0 amide bonds. The Morgan fingerprint density at radius 3 is 2.41 bits per heavy atom. The van der Waals surface area contributed by atoms with Gasteiger partial charge in [0.15, 0.2) is 0 Å². The van der Waals surface area contributed by atoms with Crippen LogP contribution in [-0.4, -0.2) is 38.7 Å². The van der Waals surface area contributed by atoms with Gasteiger partial charge in [0.2, 0.25) is 10.0 Å². The summed E-state index contributed by atoms with van der Waals surface area (Å²) in [4.78, 5) is 0. The Bertz CT molecular complexity index is 442. The van der Waals surface area contributed by atoms with Crippen LogP contribution in [0.5, 0.6) is 5.75 Å². The SMILES string of the molecule is CCN(C)S(=O)(=O)CCOc1ccc(N)cc1. The topological polar surface area (TPSA) is 72.6 Å². The standard InChI is InChI=1S/C11H18N2O3S/c1-3-13(2)17(14,15)9-8-16-11-6-4-10(12)5-7-11/h4-7H,3,8-9,12H2,1-2H3. The fourth-order valence-corrected chi connectivity index (χ4v) is 2.18.